The van der Waals surface area contributed by atoms with Crippen LogP contribution in [0.2, 0.25) is 0 Å². The van der Waals surface area contributed by atoms with Gasteiger partial charge in [-0.15, -0.1) is 0 Å². The molecule has 4 nitrogen and oxygen atoms in total. The molecule has 5 heteroatoms. The zero-order valence-corrected chi connectivity index (χ0v) is 23.7. The SMILES string of the molecule is CCCCCCCCCCCCOC(=O)C(C)(P=O)C1(C(=O)c2c(C)cc(C)cc2C)CCCC1. The minimum Gasteiger partial charge on any atom is -0.465 e. The van der Waals surface area contributed by atoms with Gasteiger partial charge < -0.3 is 4.74 Å². The second kappa shape index (κ2) is 14.3. The van der Waals surface area contributed by atoms with Gasteiger partial charge in [0, 0.05) is 5.56 Å². The molecule has 0 amide bonds. The molecular weight excluding hydrogens is 455 g/mol. The van der Waals surface area contributed by atoms with Crippen molar-refractivity contribution in [2.75, 3.05) is 6.61 Å². The van der Waals surface area contributed by atoms with Crippen LogP contribution in [0, 0.1) is 26.2 Å². The number of ether oxygens (including phenoxy) is 1. The van der Waals surface area contributed by atoms with Crippen LogP contribution < -0.4 is 0 Å². The molecule has 1 aliphatic rings. The number of carbonyl (C=O) groups is 2. The molecule has 1 saturated carbocycles. The van der Waals surface area contributed by atoms with Gasteiger partial charge in [0.05, 0.1) is 12.0 Å². The van der Waals surface area contributed by atoms with E-state index < -0.39 is 16.5 Å². The molecule has 0 radical (unpaired) electrons. The second-order valence-electron chi connectivity index (χ2n) is 10.9. The van der Waals surface area contributed by atoms with Crippen molar-refractivity contribution >= 4 is 20.2 Å². The molecule has 1 aromatic carbocycles. The molecule has 0 spiro atoms. The number of aryl methyl sites for hydroxylation is 3. The molecule has 1 atom stereocenters. The van der Waals surface area contributed by atoms with Gasteiger partial charge in [0.2, 0.25) is 0 Å². The molecule has 1 aromatic rings. The van der Waals surface area contributed by atoms with Crippen molar-refractivity contribution < 1.29 is 18.9 Å². The molecular formula is C30H47O4P. The van der Waals surface area contributed by atoms with E-state index in [1.807, 2.05) is 32.9 Å². The van der Waals surface area contributed by atoms with Crippen LogP contribution >= 0.6 is 8.46 Å². The summed E-state index contributed by atoms with van der Waals surface area (Å²) in [6.07, 6.45) is 14.9. The predicted molar refractivity (Wildman–Crippen MR) is 145 cm³/mol. The van der Waals surface area contributed by atoms with Crippen molar-refractivity contribution in [3.63, 3.8) is 0 Å². The first kappa shape index (κ1) is 29.7. The molecule has 2 rings (SSSR count). The maximum Gasteiger partial charge on any atom is 0.324 e. The summed E-state index contributed by atoms with van der Waals surface area (Å²) in [5, 5.41) is -1.37. The summed E-state index contributed by atoms with van der Waals surface area (Å²) in [5.74, 6) is -0.547. The Balaban J connectivity index is 1.98. The van der Waals surface area contributed by atoms with Gasteiger partial charge in [-0.25, -0.2) is 0 Å². The molecule has 0 N–H and O–H groups in total. The maximum atomic E-state index is 14.0. The smallest absolute Gasteiger partial charge is 0.324 e. The molecule has 1 aliphatic carbocycles. The fraction of sp³-hybridized carbons (Fsp3) is 0.733. The third kappa shape index (κ3) is 7.25. The minimum atomic E-state index is -1.37. The Hall–Kier alpha value is -1.54. The molecule has 0 bridgehead atoms. The highest BCUT2D eigenvalue weighted by Gasteiger charge is 2.61. The lowest BCUT2D eigenvalue weighted by Gasteiger charge is -2.39. The highest BCUT2D eigenvalue weighted by molar-refractivity contribution is 7.28. The molecule has 35 heavy (non-hydrogen) atoms. The third-order valence-corrected chi connectivity index (χ3v) is 9.01. The van der Waals surface area contributed by atoms with Crippen molar-refractivity contribution in [3.8, 4) is 0 Å². The number of rotatable bonds is 16. The number of carbonyl (C=O) groups excluding carboxylic acids is 2. The molecule has 0 heterocycles. The van der Waals surface area contributed by atoms with E-state index in [9.17, 15) is 14.2 Å². The minimum absolute atomic E-state index is 0.0493. The van der Waals surface area contributed by atoms with Crippen molar-refractivity contribution in [1.29, 1.82) is 0 Å². The topological polar surface area (TPSA) is 60.4 Å². The lowest BCUT2D eigenvalue weighted by molar-refractivity contribution is -0.149. The van der Waals surface area contributed by atoms with Crippen LogP contribution in [0.1, 0.15) is 131 Å². The van der Waals surface area contributed by atoms with E-state index >= 15 is 0 Å². The van der Waals surface area contributed by atoms with Gasteiger partial charge >= 0.3 is 5.97 Å². The number of esters is 1. The van der Waals surface area contributed by atoms with E-state index in [2.05, 4.69) is 6.92 Å². The third-order valence-electron chi connectivity index (χ3n) is 8.04. The first-order valence-corrected chi connectivity index (χ1v) is 14.7. The first-order chi connectivity index (χ1) is 16.7. The first-order valence-electron chi connectivity index (χ1n) is 13.9. The predicted octanol–water partition coefficient (Wildman–Crippen LogP) is 8.87. The highest BCUT2D eigenvalue weighted by atomic mass is 31.1. The summed E-state index contributed by atoms with van der Waals surface area (Å²) in [6.45, 7) is 10.2. The maximum absolute atomic E-state index is 14.0. The highest BCUT2D eigenvalue weighted by Crippen LogP contribution is 2.55. The van der Waals surface area contributed by atoms with Crippen LogP contribution in [-0.2, 0) is 14.1 Å². The Kier molecular flexibility index (Phi) is 12.1. The van der Waals surface area contributed by atoms with Crippen LogP contribution in [0.5, 0.6) is 0 Å². The van der Waals surface area contributed by atoms with Crippen LogP contribution in [0.15, 0.2) is 12.1 Å². The summed E-state index contributed by atoms with van der Waals surface area (Å²) < 4.78 is 18.2. The number of Topliss-reactive ketones (excluding diaryl/α,β-unsaturated/α-hetero) is 1. The van der Waals surface area contributed by atoms with E-state index in [4.69, 9.17) is 4.74 Å². The number of benzene rings is 1. The molecule has 196 valence electrons. The lowest BCUT2D eigenvalue weighted by atomic mass is 9.67. The Morgan fingerprint density at radius 1 is 0.886 bits per heavy atom. The summed E-state index contributed by atoms with van der Waals surface area (Å²) in [4.78, 5) is 27.4. The Morgan fingerprint density at radius 3 is 1.86 bits per heavy atom. The largest absolute Gasteiger partial charge is 0.465 e. The van der Waals surface area contributed by atoms with E-state index in [1.165, 1.54) is 44.9 Å². The van der Waals surface area contributed by atoms with E-state index in [0.29, 0.717) is 25.0 Å². The van der Waals surface area contributed by atoms with Crippen molar-refractivity contribution in [2.45, 2.75) is 130 Å². The Morgan fingerprint density at radius 2 is 1.37 bits per heavy atom. The zero-order valence-electron chi connectivity index (χ0n) is 22.8. The van der Waals surface area contributed by atoms with Crippen molar-refractivity contribution in [3.05, 3.63) is 34.4 Å². The fourth-order valence-electron chi connectivity index (χ4n) is 5.91. The monoisotopic (exact) mass is 502 g/mol. The van der Waals surface area contributed by atoms with Crippen molar-refractivity contribution in [1.82, 2.24) is 0 Å². The van der Waals surface area contributed by atoms with Crippen LogP contribution in [-0.4, -0.2) is 23.5 Å². The van der Waals surface area contributed by atoms with Gasteiger partial charge in [-0.2, -0.15) is 0 Å². The summed E-state index contributed by atoms with van der Waals surface area (Å²) in [6, 6.07) is 4.03. The summed E-state index contributed by atoms with van der Waals surface area (Å²) in [7, 11) is -0.333. The molecule has 0 aliphatic heterocycles. The standard InChI is InChI=1S/C30H47O4P/c1-6-7-8-9-10-11-12-13-14-17-20-34-28(32)29(5,35-33)30(18-15-16-19-30)27(31)26-24(3)21-23(2)22-25(26)4/h21-22H,6-20H2,1-5H3. The van der Waals surface area contributed by atoms with E-state index in [0.717, 1.165) is 48.8 Å². The molecule has 1 unspecified atom stereocenters. The van der Waals surface area contributed by atoms with E-state index in [-0.39, 0.29) is 14.2 Å². The lowest BCUT2D eigenvalue weighted by Crippen LogP contribution is -2.52. The number of hydrogen-bond acceptors (Lipinski definition) is 4. The van der Waals surface area contributed by atoms with Crippen molar-refractivity contribution in [2.24, 2.45) is 5.41 Å². The van der Waals surface area contributed by atoms with Gasteiger partial charge in [0.1, 0.15) is 0 Å². The van der Waals surface area contributed by atoms with Crippen LogP contribution in [0.4, 0.5) is 0 Å². The van der Waals surface area contributed by atoms with E-state index in [1.54, 1.807) is 6.92 Å². The zero-order chi connectivity index (χ0) is 25.9. The molecule has 0 saturated heterocycles. The number of hydrogen-bond donors (Lipinski definition) is 0. The average molecular weight is 503 g/mol. The van der Waals surface area contributed by atoms with Gasteiger partial charge in [-0.05, 0) is 58.1 Å². The van der Waals surface area contributed by atoms with Gasteiger partial charge in [-0.1, -0.05) is 95.2 Å². The second-order valence-corrected chi connectivity index (χ2v) is 12.0. The molecule has 0 aromatic heterocycles. The van der Waals surface area contributed by atoms with Gasteiger partial charge in [0.25, 0.3) is 0 Å². The van der Waals surface area contributed by atoms with Gasteiger partial charge in [0.15, 0.2) is 19.4 Å². The summed E-state index contributed by atoms with van der Waals surface area (Å²) in [5.41, 5.74) is 2.63. The normalized spacial score (nSPS) is 16.8. The quantitative estimate of drug-likeness (QED) is 0.0980. The van der Waals surface area contributed by atoms with Crippen LogP contribution in [0.25, 0.3) is 0 Å². The summed E-state index contributed by atoms with van der Waals surface area (Å²) >= 11 is 0. The number of unbranched alkanes of at least 4 members (excludes halogenated alkanes) is 9. The fourth-order valence-corrected chi connectivity index (χ4v) is 6.54. The average Bonchev–Trinajstić information content (AvgIpc) is 3.33. The number of ketones is 1. The Labute approximate surface area is 215 Å². The molecule has 1 fully saturated rings. The Bertz CT molecular complexity index is 833. The van der Waals surface area contributed by atoms with Crippen LogP contribution in [0.3, 0.4) is 0 Å². The van der Waals surface area contributed by atoms with Gasteiger partial charge in [-0.3, -0.25) is 14.2 Å².